The van der Waals surface area contributed by atoms with Gasteiger partial charge in [0.15, 0.2) is 10.8 Å². The minimum atomic E-state index is -0.477. The lowest BCUT2D eigenvalue weighted by Gasteiger charge is -2.00. The maximum absolute atomic E-state index is 11.9. The molecular formula is C13H10N6O3S2. The van der Waals surface area contributed by atoms with Crippen LogP contribution in [0, 0.1) is 11.3 Å². The Kier molecular flexibility index (Phi) is 4.59. The molecule has 9 nitrogen and oxygen atoms in total. The largest absolute Gasteiger partial charge is 0.461 e. The fraction of sp³-hybridized carbons (Fsp3) is 0.231. The summed E-state index contributed by atoms with van der Waals surface area (Å²) in [6, 6.07) is 1.94. The number of nitrogens with one attached hydrogen (secondary N) is 1. The van der Waals surface area contributed by atoms with Crippen molar-refractivity contribution in [2.24, 2.45) is 0 Å². The fourth-order valence-corrected chi connectivity index (χ4v) is 3.37. The molecule has 0 aliphatic carbocycles. The summed E-state index contributed by atoms with van der Waals surface area (Å²) < 4.78 is 5.92. The molecule has 3 rings (SSSR count). The van der Waals surface area contributed by atoms with Gasteiger partial charge in [0.2, 0.25) is 5.01 Å². The second-order valence-electron chi connectivity index (χ2n) is 4.41. The lowest BCUT2D eigenvalue weighted by molar-refractivity contribution is 0.0525. The van der Waals surface area contributed by atoms with Crippen molar-refractivity contribution in [3.8, 4) is 6.07 Å². The summed E-state index contributed by atoms with van der Waals surface area (Å²) in [7, 11) is 0. The van der Waals surface area contributed by atoms with E-state index in [9.17, 15) is 9.59 Å². The third-order valence-electron chi connectivity index (χ3n) is 2.84. The van der Waals surface area contributed by atoms with Crippen molar-refractivity contribution in [2.45, 2.75) is 17.8 Å². The molecule has 0 fully saturated rings. The van der Waals surface area contributed by atoms with Gasteiger partial charge in [0.1, 0.15) is 11.6 Å². The van der Waals surface area contributed by atoms with E-state index in [-0.39, 0.29) is 16.2 Å². The summed E-state index contributed by atoms with van der Waals surface area (Å²) in [5.74, 6) is -0.0463. The van der Waals surface area contributed by atoms with Gasteiger partial charge in [0, 0.05) is 11.1 Å². The summed E-state index contributed by atoms with van der Waals surface area (Å²) in [5, 5.41) is 15.2. The zero-order chi connectivity index (χ0) is 17.1. The Morgan fingerprint density at radius 1 is 1.54 bits per heavy atom. The van der Waals surface area contributed by atoms with Crippen molar-refractivity contribution in [2.75, 3.05) is 6.61 Å². The van der Waals surface area contributed by atoms with Crippen LogP contribution in [0.1, 0.15) is 28.0 Å². The number of nitrogens with zero attached hydrogens (tertiary/aromatic N) is 5. The van der Waals surface area contributed by atoms with E-state index >= 15 is 0 Å². The van der Waals surface area contributed by atoms with Crippen LogP contribution in [-0.4, -0.2) is 37.1 Å². The van der Waals surface area contributed by atoms with E-state index in [2.05, 4.69) is 20.1 Å². The molecule has 0 spiro atoms. The van der Waals surface area contributed by atoms with Gasteiger partial charge in [-0.15, -0.1) is 11.3 Å². The molecule has 0 aliphatic rings. The van der Waals surface area contributed by atoms with Crippen LogP contribution in [-0.2, 0) is 10.5 Å². The minimum absolute atomic E-state index is 0.203. The van der Waals surface area contributed by atoms with Crippen molar-refractivity contribution in [1.82, 2.24) is 24.6 Å². The highest BCUT2D eigenvalue weighted by atomic mass is 32.2. The van der Waals surface area contributed by atoms with E-state index < -0.39 is 11.7 Å². The molecular weight excluding hydrogens is 352 g/mol. The topological polar surface area (TPSA) is 126 Å². The highest BCUT2D eigenvalue weighted by Gasteiger charge is 2.14. The number of thioether (sulfide) groups is 1. The molecule has 11 heteroatoms. The summed E-state index contributed by atoms with van der Waals surface area (Å²) in [6.45, 7) is 2.02. The number of H-pyrrole nitrogens is 1. The van der Waals surface area contributed by atoms with Crippen molar-refractivity contribution < 1.29 is 9.53 Å². The molecule has 1 N–H and O–H groups in total. The molecule has 0 aromatic carbocycles. The van der Waals surface area contributed by atoms with Crippen LogP contribution in [0.5, 0.6) is 0 Å². The van der Waals surface area contributed by atoms with Crippen LogP contribution in [0.25, 0.3) is 5.65 Å². The molecule has 3 heterocycles. The number of carbonyl (C=O) groups excluding carboxylic acids is 1. The highest BCUT2D eigenvalue weighted by molar-refractivity contribution is 7.98. The Bertz CT molecular complexity index is 999. The summed E-state index contributed by atoms with van der Waals surface area (Å²) >= 11 is 2.44. The first-order chi connectivity index (χ1) is 11.6. The Morgan fingerprint density at radius 2 is 2.38 bits per heavy atom. The zero-order valence-electron chi connectivity index (χ0n) is 12.3. The molecule has 0 radical (unpaired) electrons. The van der Waals surface area contributed by atoms with Gasteiger partial charge in [0.05, 0.1) is 18.5 Å². The Morgan fingerprint density at radius 3 is 3.12 bits per heavy atom. The Labute approximate surface area is 143 Å². The number of fused-ring (bicyclic) bond motifs is 1. The average Bonchev–Trinajstić information content (AvgIpc) is 3.20. The number of rotatable bonds is 5. The Hall–Kier alpha value is -2.71. The van der Waals surface area contributed by atoms with Gasteiger partial charge >= 0.3 is 11.7 Å². The minimum Gasteiger partial charge on any atom is -0.461 e. The third-order valence-corrected chi connectivity index (χ3v) is 4.61. The van der Waals surface area contributed by atoms with Gasteiger partial charge < -0.3 is 4.74 Å². The first-order valence-corrected chi connectivity index (χ1v) is 8.61. The number of aromatic amines is 1. The number of thiazole rings is 1. The van der Waals surface area contributed by atoms with E-state index in [1.165, 1.54) is 29.3 Å². The first-order valence-electron chi connectivity index (χ1n) is 6.75. The predicted molar refractivity (Wildman–Crippen MR) is 86.0 cm³/mol. The summed E-state index contributed by atoms with van der Waals surface area (Å²) in [6.07, 6.45) is 1.29. The van der Waals surface area contributed by atoms with Gasteiger partial charge in [-0.3, -0.25) is 4.98 Å². The molecule has 0 amide bonds. The zero-order valence-corrected chi connectivity index (χ0v) is 14.0. The third kappa shape index (κ3) is 3.15. The van der Waals surface area contributed by atoms with Crippen molar-refractivity contribution in [3.05, 3.63) is 38.3 Å². The average molecular weight is 362 g/mol. The molecule has 24 heavy (non-hydrogen) atoms. The molecule has 0 aliphatic heterocycles. The van der Waals surface area contributed by atoms with Gasteiger partial charge in [-0.25, -0.2) is 19.6 Å². The van der Waals surface area contributed by atoms with Crippen molar-refractivity contribution in [3.63, 3.8) is 0 Å². The molecule has 0 unspecified atom stereocenters. The standard InChI is InChI=1S/C13H10N6O3S2/c1-2-22-11(20)10-16-8(5-23-10)6-24-12-17-9-7(3-14)4-15-19(9)13(21)18-12/h4-5H,2,6H2,1H3,(H,17,18,21). The number of carbonyl (C=O) groups is 1. The maximum atomic E-state index is 11.9. The quantitative estimate of drug-likeness (QED) is 0.530. The summed E-state index contributed by atoms with van der Waals surface area (Å²) in [4.78, 5) is 34.5. The second kappa shape index (κ2) is 6.81. The smallest absolute Gasteiger partial charge is 0.367 e. The van der Waals surface area contributed by atoms with Crippen LogP contribution in [0.3, 0.4) is 0 Å². The molecule has 0 saturated carbocycles. The van der Waals surface area contributed by atoms with Crippen LogP contribution in [0.15, 0.2) is 21.5 Å². The molecule has 0 atom stereocenters. The molecule has 122 valence electrons. The van der Waals surface area contributed by atoms with Crippen LogP contribution in [0.4, 0.5) is 0 Å². The van der Waals surface area contributed by atoms with Crippen molar-refractivity contribution >= 4 is 34.7 Å². The number of aromatic nitrogens is 5. The highest BCUT2D eigenvalue weighted by Crippen LogP contribution is 2.21. The van der Waals surface area contributed by atoms with Crippen molar-refractivity contribution in [1.29, 1.82) is 5.26 Å². The van der Waals surface area contributed by atoms with E-state index in [0.717, 1.165) is 4.52 Å². The molecule has 3 aromatic rings. The monoisotopic (exact) mass is 362 g/mol. The van der Waals surface area contributed by atoms with E-state index in [1.54, 1.807) is 12.3 Å². The van der Waals surface area contributed by atoms with Gasteiger partial charge in [0.25, 0.3) is 0 Å². The first kappa shape index (κ1) is 16.2. The Balaban J connectivity index is 1.78. The van der Waals surface area contributed by atoms with Gasteiger partial charge in [-0.2, -0.15) is 14.9 Å². The SMILES string of the molecule is CCOC(=O)c1nc(CSc2nc3c(C#N)cnn3c(=O)[nH]2)cs1. The summed E-state index contributed by atoms with van der Waals surface area (Å²) in [5.41, 5.74) is 0.620. The van der Waals surface area contributed by atoms with Crippen LogP contribution < -0.4 is 5.69 Å². The number of ether oxygens (including phenoxy) is 1. The number of nitriles is 1. The predicted octanol–water partition coefficient (Wildman–Crippen LogP) is 1.21. The number of hydrogen-bond donors (Lipinski definition) is 1. The number of esters is 1. The van der Waals surface area contributed by atoms with E-state index in [0.29, 0.717) is 23.2 Å². The lowest BCUT2D eigenvalue weighted by atomic mass is 10.4. The molecule has 3 aromatic heterocycles. The number of hydrogen-bond acceptors (Lipinski definition) is 9. The van der Waals surface area contributed by atoms with Gasteiger partial charge in [-0.05, 0) is 6.92 Å². The van der Waals surface area contributed by atoms with E-state index in [1.807, 2.05) is 6.07 Å². The van der Waals surface area contributed by atoms with Crippen LogP contribution in [0.2, 0.25) is 0 Å². The maximum Gasteiger partial charge on any atom is 0.367 e. The van der Waals surface area contributed by atoms with E-state index in [4.69, 9.17) is 10.00 Å². The van der Waals surface area contributed by atoms with Crippen LogP contribution >= 0.6 is 23.1 Å². The molecule has 0 bridgehead atoms. The fourth-order valence-electron chi connectivity index (χ4n) is 1.82. The normalized spacial score (nSPS) is 10.7. The molecule has 0 saturated heterocycles. The second-order valence-corrected chi connectivity index (χ2v) is 6.23. The van der Waals surface area contributed by atoms with Gasteiger partial charge in [-0.1, -0.05) is 11.8 Å². The lowest BCUT2D eigenvalue weighted by Crippen LogP contribution is -2.19.